The Balaban J connectivity index is 2.75. The predicted octanol–water partition coefficient (Wildman–Crippen LogP) is 3.11. The van der Waals surface area contributed by atoms with Gasteiger partial charge in [-0.15, -0.1) is 15.4 Å². The molecule has 2 aromatic carbocycles. The summed E-state index contributed by atoms with van der Waals surface area (Å²) in [6, 6.07) is 20.3. The van der Waals surface area contributed by atoms with Crippen molar-refractivity contribution >= 4 is 24.7 Å². The van der Waals surface area contributed by atoms with Crippen LogP contribution >= 0.6 is 0 Å². The smallest absolute Gasteiger partial charge is 0.259 e. The van der Waals surface area contributed by atoms with E-state index in [4.69, 9.17) is 4.43 Å². The first-order valence-corrected chi connectivity index (χ1v) is 9.09. The van der Waals surface area contributed by atoms with Crippen molar-refractivity contribution in [3.63, 3.8) is 0 Å². The Labute approximate surface area is 127 Å². The summed E-state index contributed by atoms with van der Waals surface area (Å²) in [5.74, 6) is -0.218. The van der Waals surface area contributed by atoms with Crippen molar-refractivity contribution in [3.8, 4) is 0 Å². The van der Waals surface area contributed by atoms with E-state index >= 15 is 0 Å². The van der Waals surface area contributed by atoms with Crippen LogP contribution in [0.15, 0.2) is 60.7 Å². The normalized spacial score (nSPS) is 12.0. The summed E-state index contributed by atoms with van der Waals surface area (Å²) < 4.78 is 6.07. The molecule has 0 atom stereocenters. The Bertz CT molecular complexity index is 561. The van der Waals surface area contributed by atoms with Gasteiger partial charge in [-0.05, 0) is 0 Å². The van der Waals surface area contributed by atoms with E-state index in [1.807, 2.05) is 36.4 Å². The summed E-state index contributed by atoms with van der Waals surface area (Å²) in [5, 5.41) is 2.10. The highest BCUT2D eigenvalue weighted by Gasteiger charge is 2.39. The molecular weight excluding hydrogens is 276 g/mol. The van der Waals surface area contributed by atoms with Gasteiger partial charge in [-0.2, -0.15) is 0 Å². The zero-order chi connectivity index (χ0) is 15.5. The first-order valence-electron chi connectivity index (χ1n) is 7.18. The van der Waals surface area contributed by atoms with Crippen LogP contribution in [-0.4, -0.2) is 14.3 Å². The van der Waals surface area contributed by atoms with Crippen LogP contribution in [0.2, 0.25) is 5.04 Å². The van der Waals surface area contributed by atoms with E-state index in [1.54, 1.807) is 0 Å². The van der Waals surface area contributed by atoms with Crippen LogP contribution < -0.4 is 10.4 Å². The molecule has 0 unspecified atom stereocenters. The molecule has 0 aliphatic rings. The predicted molar refractivity (Wildman–Crippen MR) is 89.4 cm³/mol. The maximum atomic E-state index is 11.9. The van der Waals surface area contributed by atoms with Crippen LogP contribution in [0.3, 0.4) is 0 Å². The van der Waals surface area contributed by atoms with E-state index in [-0.39, 0.29) is 11.0 Å². The van der Waals surface area contributed by atoms with Crippen LogP contribution in [0.4, 0.5) is 0 Å². The van der Waals surface area contributed by atoms with Gasteiger partial charge in [-0.25, -0.2) is 0 Å². The summed E-state index contributed by atoms with van der Waals surface area (Å²) in [4.78, 5) is 11.9. The van der Waals surface area contributed by atoms with Crippen LogP contribution in [0.25, 0.3) is 0 Å². The van der Waals surface area contributed by atoms with Crippen molar-refractivity contribution in [2.75, 3.05) is 0 Å². The van der Waals surface area contributed by atoms with Crippen LogP contribution in [-0.2, 0) is 9.22 Å². The van der Waals surface area contributed by atoms with E-state index in [1.165, 1.54) is 6.92 Å². The van der Waals surface area contributed by atoms with E-state index in [0.29, 0.717) is 0 Å². The fourth-order valence-electron chi connectivity index (χ4n) is 2.86. The van der Waals surface area contributed by atoms with Gasteiger partial charge in [0.25, 0.3) is 5.97 Å². The number of benzene rings is 2. The summed E-state index contributed by atoms with van der Waals surface area (Å²) in [6.07, 6.45) is 0. The Morgan fingerprint density at radius 2 is 1.24 bits per heavy atom. The molecule has 2 nitrogen and oxygen atoms in total. The number of rotatable bonds is 3. The Hall–Kier alpha value is -1.87. The monoisotopic (exact) mass is 298 g/mol. The molecule has 0 amide bonds. The summed E-state index contributed by atoms with van der Waals surface area (Å²) in [7, 11) is -2.66. The van der Waals surface area contributed by atoms with Gasteiger partial charge >= 0.3 is 0 Å². The minimum Gasteiger partial charge on any atom is -0.657 e. The number of carbonyl (C=O) groups excluding carboxylic acids is 1. The highest BCUT2D eigenvalue weighted by Crippen LogP contribution is 2.36. The Morgan fingerprint density at radius 3 is 1.52 bits per heavy atom. The first-order chi connectivity index (χ1) is 9.88. The molecule has 0 radical (unpaired) electrons. The molecule has 111 valence electrons. The fourth-order valence-corrected chi connectivity index (χ4v) is 7.23. The van der Waals surface area contributed by atoms with E-state index in [0.717, 1.165) is 10.4 Å². The highest BCUT2D eigenvalue weighted by molar-refractivity contribution is 7.00. The summed E-state index contributed by atoms with van der Waals surface area (Å²) >= 11 is 0. The van der Waals surface area contributed by atoms with E-state index in [9.17, 15) is 4.79 Å². The van der Waals surface area contributed by atoms with Gasteiger partial charge in [-0.3, -0.25) is 4.79 Å². The lowest BCUT2D eigenvalue weighted by atomic mass is 10.2. The molecule has 0 spiro atoms. The molecule has 0 saturated heterocycles. The molecule has 2 aromatic rings. The third kappa shape index (κ3) is 2.93. The van der Waals surface area contributed by atoms with Crippen LogP contribution in [0.5, 0.6) is 0 Å². The SMILES string of the molecule is CC(=O)O[Si-](c1ccccc1)(c1ccccc1)C(C)(C)C. The lowest BCUT2D eigenvalue weighted by Gasteiger charge is -2.54. The van der Waals surface area contributed by atoms with Crippen molar-refractivity contribution in [3.05, 3.63) is 60.7 Å². The third-order valence-corrected chi connectivity index (χ3v) is 8.71. The highest BCUT2D eigenvalue weighted by atomic mass is 28.4. The van der Waals surface area contributed by atoms with Gasteiger partial charge in [0.05, 0.1) is 0 Å². The van der Waals surface area contributed by atoms with Gasteiger partial charge in [0.2, 0.25) is 0 Å². The minimum atomic E-state index is -2.66. The Morgan fingerprint density at radius 1 is 0.857 bits per heavy atom. The second kappa shape index (κ2) is 5.86. The second-order valence-corrected chi connectivity index (χ2v) is 10.5. The van der Waals surface area contributed by atoms with Crippen LogP contribution in [0.1, 0.15) is 27.7 Å². The van der Waals surface area contributed by atoms with Gasteiger partial charge < -0.3 is 4.43 Å². The lowest BCUT2D eigenvalue weighted by Crippen LogP contribution is -2.67. The van der Waals surface area contributed by atoms with E-state index < -0.39 is 8.32 Å². The van der Waals surface area contributed by atoms with Crippen LogP contribution in [0, 0.1) is 0 Å². The van der Waals surface area contributed by atoms with Gasteiger partial charge in [0.1, 0.15) is 8.32 Å². The van der Waals surface area contributed by atoms with Gasteiger partial charge in [0.15, 0.2) is 0 Å². The van der Waals surface area contributed by atoms with E-state index in [2.05, 4.69) is 45.0 Å². The molecule has 0 aliphatic carbocycles. The summed E-state index contributed by atoms with van der Waals surface area (Å²) in [6.45, 7) is 7.96. The second-order valence-electron chi connectivity index (χ2n) is 6.26. The van der Waals surface area contributed by atoms with Gasteiger partial charge in [-0.1, -0.05) is 81.4 Å². The molecule has 0 bridgehead atoms. The Kier molecular flexibility index (Phi) is 4.33. The molecule has 2 rings (SSSR count). The van der Waals surface area contributed by atoms with Crippen molar-refractivity contribution in [2.45, 2.75) is 32.7 Å². The average molecular weight is 298 g/mol. The van der Waals surface area contributed by atoms with Crippen molar-refractivity contribution in [1.82, 2.24) is 0 Å². The maximum Gasteiger partial charge on any atom is 0.259 e. The molecule has 0 fully saturated rings. The molecule has 0 aliphatic heterocycles. The molecule has 0 saturated carbocycles. The zero-order valence-electron chi connectivity index (χ0n) is 13.1. The molecule has 0 N–H and O–H groups in total. The molecule has 3 heteroatoms. The average Bonchev–Trinajstić information content (AvgIpc) is 2.45. The quantitative estimate of drug-likeness (QED) is 0.814. The number of carbonyl (C=O) groups is 1. The number of hydrogen-bond donors (Lipinski definition) is 0. The minimum absolute atomic E-state index is 0.151. The first kappa shape index (κ1) is 15.5. The fraction of sp³-hybridized carbons (Fsp3) is 0.278. The van der Waals surface area contributed by atoms with Crippen molar-refractivity contribution in [1.29, 1.82) is 0 Å². The topological polar surface area (TPSA) is 26.3 Å². The van der Waals surface area contributed by atoms with Gasteiger partial charge in [0, 0.05) is 6.92 Å². The third-order valence-electron chi connectivity index (χ3n) is 3.71. The lowest BCUT2D eigenvalue weighted by molar-refractivity contribution is -0.132. The standard InChI is InChI=1S/C18H22O2Si/c1-15(19)20-21(18(2,3)4,16-11-7-5-8-12-16)17-13-9-6-10-14-17/h5-14H,1-4H3/q-1. The zero-order valence-corrected chi connectivity index (χ0v) is 14.1. The van der Waals surface area contributed by atoms with Crippen molar-refractivity contribution in [2.24, 2.45) is 0 Å². The van der Waals surface area contributed by atoms with Crippen molar-refractivity contribution < 1.29 is 9.22 Å². The molecule has 0 aromatic heterocycles. The molecule has 0 heterocycles. The number of hydrogen-bond acceptors (Lipinski definition) is 2. The summed E-state index contributed by atoms with van der Waals surface area (Å²) in [5.41, 5.74) is 0. The molecular formula is C18H22O2Si-. The maximum absolute atomic E-state index is 11.9. The largest absolute Gasteiger partial charge is 0.657 e. The molecule has 21 heavy (non-hydrogen) atoms.